The molecule has 0 saturated carbocycles. The molecule has 2 unspecified atom stereocenters. The Bertz CT molecular complexity index is 156. The van der Waals surface area contributed by atoms with E-state index in [4.69, 9.17) is 9.47 Å². The van der Waals surface area contributed by atoms with Crippen molar-refractivity contribution in [3.8, 4) is 0 Å². The third kappa shape index (κ3) is 5.50. The Balaban J connectivity index is 2.22. The van der Waals surface area contributed by atoms with E-state index in [0.29, 0.717) is 18.2 Å². The first-order valence-electron chi connectivity index (χ1n) is 6.19. The average molecular weight is 215 g/mol. The lowest BCUT2D eigenvalue weighted by atomic mass is 10.1. The fourth-order valence-corrected chi connectivity index (χ4v) is 1.96. The zero-order valence-corrected chi connectivity index (χ0v) is 10.3. The summed E-state index contributed by atoms with van der Waals surface area (Å²) in [6.07, 6.45) is 4.28. The van der Waals surface area contributed by atoms with Crippen molar-refractivity contribution in [1.82, 2.24) is 5.32 Å². The third-order valence-corrected chi connectivity index (χ3v) is 2.69. The van der Waals surface area contributed by atoms with Gasteiger partial charge in [0, 0.05) is 12.6 Å². The molecule has 1 rings (SSSR count). The average Bonchev–Trinajstić information content (AvgIpc) is 2.67. The Morgan fingerprint density at radius 3 is 2.80 bits per heavy atom. The van der Waals surface area contributed by atoms with Gasteiger partial charge < -0.3 is 14.8 Å². The summed E-state index contributed by atoms with van der Waals surface area (Å²) in [7, 11) is 0. The van der Waals surface area contributed by atoms with E-state index in [1.807, 2.05) is 0 Å². The highest BCUT2D eigenvalue weighted by Gasteiger charge is 2.20. The first-order chi connectivity index (χ1) is 7.22. The zero-order chi connectivity index (χ0) is 11.1. The van der Waals surface area contributed by atoms with Gasteiger partial charge in [0.15, 0.2) is 0 Å². The molecule has 2 atom stereocenters. The SMILES string of the molecule is CCNC(COC(C)C)CC1CCCO1. The van der Waals surface area contributed by atoms with E-state index >= 15 is 0 Å². The molecular formula is C12H25NO2. The molecular weight excluding hydrogens is 190 g/mol. The summed E-state index contributed by atoms with van der Waals surface area (Å²) in [4.78, 5) is 0. The number of ether oxygens (including phenoxy) is 2. The zero-order valence-electron chi connectivity index (χ0n) is 10.3. The summed E-state index contributed by atoms with van der Waals surface area (Å²) in [6.45, 7) is 9.03. The van der Waals surface area contributed by atoms with Crippen LogP contribution in [0.25, 0.3) is 0 Å². The van der Waals surface area contributed by atoms with Gasteiger partial charge in [0.05, 0.1) is 18.8 Å². The Morgan fingerprint density at radius 1 is 1.47 bits per heavy atom. The molecule has 0 aromatic carbocycles. The van der Waals surface area contributed by atoms with Crippen molar-refractivity contribution in [3.63, 3.8) is 0 Å². The van der Waals surface area contributed by atoms with Crippen molar-refractivity contribution in [2.45, 2.75) is 58.3 Å². The molecule has 3 nitrogen and oxygen atoms in total. The van der Waals surface area contributed by atoms with Crippen molar-refractivity contribution in [2.75, 3.05) is 19.8 Å². The molecule has 1 N–H and O–H groups in total. The maximum Gasteiger partial charge on any atom is 0.0624 e. The van der Waals surface area contributed by atoms with E-state index in [2.05, 4.69) is 26.1 Å². The smallest absolute Gasteiger partial charge is 0.0624 e. The van der Waals surface area contributed by atoms with Gasteiger partial charge in [0.1, 0.15) is 0 Å². The summed E-state index contributed by atoms with van der Waals surface area (Å²) in [6, 6.07) is 0.445. The van der Waals surface area contributed by atoms with Gasteiger partial charge in [0.2, 0.25) is 0 Å². The topological polar surface area (TPSA) is 30.5 Å². The van der Waals surface area contributed by atoms with Gasteiger partial charge in [-0.2, -0.15) is 0 Å². The molecule has 0 aliphatic carbocycles. The van der Waals surface area contributed by atoms with Crippen LogP contribution in [0, 0.1) is 0 Å². The van der Waals surface area contributed by atoms with Crippen LogP contribution in [0.2, 0.25) is 0 Å². The van der Waals surface area contributed by atoms with Crippen molar-refractivity contribution >= 4 is 0 Å². The lowest BCUT2D eigenvalue weighted by molar-refractivity contribution is 0.0384. The quantitative estimate of drug-likeness (QED) is 0.704. The fraction of sp³-hybridized carbons (Fsp3) is 1.00. The molecule has 1 fully saturated rings. The van der Waals surface area contributed by atoms with Crippen molar-refractivity contribution in [3.05, 3.63) is 0 Å². The van der Waals surface area contributed by atoms with Crippen molar-refractivity contribution in [1.29, 1.82) is 0 Å². The van der Waals surface area contributed by atoms with Crippen molar-refractivity contribution < 1.29 is 9.47 Å². The fourth-order valence-electron chi connectivity index (χ4n) is 1.96. The second kappa shape index (κ2) is 7.20. The van der Waals surface area contributed by atoms with E-state index in [1.54, 1.807) is 0 Å². The van der Waals surface area contributed by atoms with Gasteiger partial charge in [0.25, 0.3) is 0 Å². The minimum Gasteiger partial charge on any atom is -0.378 e. The van der Waals surface area contributed by atoms with E-state index in [-0.39, 0.29) is 0 Å². The highest BCUT2D eigenvalue weighted by atomic mass is 16.5. The van der Waals surface area contributed by atoms with Crippen LogP contribution in [0.15, 0.2) is 0 Å². The lowest BCUT2D eigenvalue weighted by Crippen LogP contribution is -2.37. The minimum absolute atomic E-state index is 0.315. The largest absolute Gasteiger partial charge is 0.378 e. The van der Waals surface area contributed by atoms with Crippen LogP contribution in [0.3, 0.4) is 0 Å². The molecule has 0 aromatic rings. The van der Waals surface area contributed by atoms with Crippen LogP contribution in [0.1, 0.15) is 40.0 Å². The molecule has 0 aromatic heterocycles. The van der Waals surface area contributed by atoms with Crippen LogP contribution < -0.4 is 5.32 Å². The highest BCUT2D eigenvalue weighted by molar-refractivity contribution is 4.74. The molecule has 3 heteroatoms. The number of nitrogens with one attached hydrogen (secondary N) is 1. The van der Waals surface area contributed by atoms with E-state index in [9.17, 15) is 0 Å². The normalized spacial score (nSPS) is 23.6. The van der Waals surface area contributed by atoms with Crippen LogP contribution in [-0.4, -0.2) is 38.0 Å². The first-order valence-corrected chi connectivity index (χ1v) is 6.19. The molecule has 0 bridgehead atoms. The summed E-state index contributed by atoms with van der Waals surface area (Å²) in [5.74, 6) is 0. The summed E-state index contributed by atoms with van der Waals surface area (Å²) >= 11 is 0. The second-order valence-corrected chi connectivity index (χ2v) is 4.51. The Labute approximate surface area is 93.5 Å². The van der Waals surface area contributed by atoms with Gasteiger partial charge in [-0.3, -0.25) is 0 Å². The van der Waals surface area contributed by atoms with Gasteiger partial charge >= 0.3 is 0 Å². The highest BCUT2D eigenvalue weighted by Crippen LogP contribution is 2.17. The summed E-state index contributed by atoms with van der Waals surface area (Å²) in [5.41, 5.74) is 0. The number of rotatable bonds is 7. The molecule has 0 spiro atoms. The Morgan fingerprint density at radius 2 is 2.27 bits per heavy atom. The van der Waals surface area contributed by atoms with Crippen LogP contribution in [-0.2, 0) is 9.47 Å². The maximum atomic E-state index is 5.65. The minimum atomic E-state index is 0.315. The molecule has 1 aliphatic rings. The summed E-state index contributed by atoms with van der Waals surface area (Å²) < 4.78 is 11.3. The number of likely N-dealkylation sites (N-methyl/N-ethyl adjacent to an activating group) is 1. The Kier molecular flexibility index (Phi) is 6.22. The van der Waals surface area contributed by atoms with E-state index in [1.165, 1.54) is 12.8 Å². The monoisotopic (exact) mass is 215 g/mol. The molecule has 0 amide bonds. The lowest BCUT2D eigenvalue weighted by Gasteiger charge is -2.22. The summed E-state index contributed by atoms with van der Waals surface area (Å²) in [5, 5.41) is 3.46. The predicted molar refractivity (Wildman–Crippen MR) is 62.1 cm³/mol. The molecule has 0 radical (unpaired) electrons. The second-order valence-electron chi connectivity index (χ2n) is 4.51. The van der Waals surface area contributed by atoms with Gasteiger partial charge in [-0.05, 0) is 39.7 Å². The van der Waals surface area contributed by atoms with E-state index < -0.39 is 0 Å². The predicted octanol–water partition coefficient (Wildman–Crippen LogP) is 1.96. The van der Waals surface area contributed by atoms with E-state index in [0.717, 1.165) is 26.2 Å². The third-order valence-electron chi connectivity index (χ3n) is 2.69. The van der Waals surface area contributed by atoms with Gasteiger partial charge in [-0.1, -0.05) is 6.92 Å². The van der Waals surface area contributed by atoms with Crippen LogP contribution in [0.4, 0.5) is 0 Å². The molecule has 15 heavy (non-hydrogen) atoms. The molecule has 1 aliphatic heterocycles. The standard InChI is InChI=1S/C12H25NO2/c1-4-13-11(9-15-10(2)3)8-12-6-5-7-14-12/h10-13H,4-9H2,1-3H3. The number of hydrogen-bond donors (Lipinski definition) is 1. The first kappa shape index (κ1) is 12.9. The molecule has 1 heterocycles. The number of hydrogen-bond acceptors (Lipinski definition) is 3. The molecule has 1 saturated heterocycles. The van der Waals surface area contributed by atoms with Crippen molar-refractivity contribution in [2.24, 2.45) is 0 Å². The molecule has 90 valence electrons. The van der Waals surface area contributed by atoms with Crippen LogP contribution >= 0.6 is 0 Å². The van der Waals surface area contributed by atoms with Gasteiger partial charge in [-0.25, -0.2) is 0 Å². The Hall–Kier alpha value is -0.120. The van der Waals surface area contributed by atoms with Crippen LogP contribution in [0.5, 0.6) is 0 Å². The van der Waals surface area contributed by atoms with Gasteiger partial charge in [-0.15, -0.1) is 0 Å². The maximum absolute atomic E-state index is 5.65.